The zero-order chi connectivity index (χ0) is 20.8. The maximum Gasteiger partial charge on any atom is 0.405 e. The number of azide groups is 1. The van der Waals surface area contributed by atoms with E-state index in [0.717, 1.165) is 6.92 Å². The van der Waals surface area contributed by atoms with Crippen LogP contribution in [-0.2, 0) is 4.79 Å². The molecule has 0 saturated heterocycles. The Hall–Kier alpha value is -1.72. The van der Waals surface area contributed by atoms with Crippen LogP contribution in [0.1, 0.15) is 33.1 Å². The lowest BCUT2D eigenvalue weighted by Crippen LogP contribution is -2.50. The van der Waals surface area contributed by atoms with Crippen molar-refractivity contribution in [3.05, 3.63) is 10.4 Å². The van der Waals surface area contributed by atoms with Crippen molar-refractivity contribution in [3.8, 4) is 0 Å². The summed E-state index contributed by atoms with van der Waals surface area (Å²) in [7, 11) is 0. The van der Waals surface area contributed by atoms with Crippen LogP contribution in [0.25, 0.3) is 10.4 Å². The number of nitrogens with zero attached hydrogens (tertiary/aromatic N) is 3. The van der Waals surface area contributed by atoms with Crippen LogP contribution in [0, 0.1) is 5.92 Å². The third-order valence-electron chi connectivity index (χ3n) is 3.69. The number of hydrogen-bond donors (Lipinski definition) is 3. The number of hydrogen-bond acceptors (Lipinski definition) is 4. The molecule has 0 aromatic rings. The normalized spacial score (nSPS) is 18.2. The van der Waals surface area contributed by atoms with E-state index in [-0.39, 0.29) is 6.42 Å². The number of nitrogens with one attached hydrogen (secondary N) is 1. The average Bonchev–Trinajstić information content (AvgIpc) is 2.40. The minimum atomic E-state index is -4.70. The molecule has 0 heterocycles. The highest BCUT2D eigenvalue weighted by Gasteiger charge is 2.45. The topological polar surface area (TPSA) is 130 Å². The van der Waals surface area contributed by atoms with Gasteiger partial charge in [0.25, 0.3) is 0 Å². The monoisotopic (exact) mass is 392 g/mol. The van der Waals surface area contributed by atoms with E-state index in [2.05, 4.69) is 10.0 Å². The molecule has 7 nitrogen and oxygen atoms in total. The molecular weight excluding hydrogens is 370 g/mol. The molecule has 0 aliphatic rings. The second-order valence-corrected chi connectivity index (χ2v) is 6.42. The summed E-state index contributed by atoms with van der Waals surface area (Å²) in [6.45, 7) is 0.900. The van der Waals surface area contributed by atoms with Gasteiger partial charge in [0.1, 0.15) is 6.54 Å². The Bertz CT molecular complexity index is 516. The van der Waals surface area contributed by atoms with Gasteiger partial charge in [-0.1, -0.05) is 12.0 Å². The van der Waals surface area contributed by atoms with Crippen LogP contribution in [0.4, 0.5) is 26.3 Å². The number of alkyl halides is 6. The first-order valence-corrected chi connectivity index (χ1v) is 7.57. The fourth-order valence-electron chi connectivity index (χ4n) is 2.60. The lowest BCUT2D eigenvalue weighted by atomic mass is 9.75. The van der Waals surface area contributed by atoms with Crippen molar-refractivity contribution in [1.82, 2.24) is 5.32 Å². The molecule has 1 amide bonds. The second-order valence-electron chi connectivity index (χ2n) is 6.42. The van der Waals surface area contributed by atoms with Crippen molar-refractivity contribution >= 4 is 5.91 Å². The van der Waals surface area contributed by atoms with Gasteiger partial charge < -0.3 is 16.8 Å². The fraction of sp³-hybridized carbons (Fsp3) is 0.923. The molecule has 0 bridgehead atoms. The summed E-state index contributed by atoms with van der Waals surface area (Å²) in [6.07, 6.45) is -11.8. The molecule has 0 rings (SSSR count). The second kappa shape index (κ2) is 9.28. The van der Waals surface area contributed by atoms with Crippen LogP contribution in [0.2, 0.25) is 0 Å². The minimum absolute atomic E-state index is 0.0680. The Kier molecular flexibility index (Phi) is 8.67. The van der Waals surface area contributed by atoms with Crippen molar-refractivity contribution in [2.45, 2.75) is 63.1 Å². The van der Waals surface area contributed by atoms with Crippen LogP contribution in [0.3, 0.4) is 0 Å². The Morgan fingerprint density at radius 3 is 2.12 bits per heavy atom. The van der Waals surface area contributed by atoms with Gasteiger partial charge in [-0.15, -0.1) is 0 Å². The van der Waals surface area contributed by atoms with Gasteiger partial charge in [0, 0.05) is 29.8 Å². The molecule has 0 aromatic heterocycles. The third kappa shape index (κ3) is 9.68. The van der Waals surface area contributed by atoms with Gasteiger partial charge in [-0.25, -0.2) is 0 Å². The summed E-state index contributed by atoms with van der Waals surface area (Å²) < 4.78 is 75.3. The molecule has 26 heavy (non-hydrogen) atoms. The molecule has 5 N–H and O–H groups in total. The number of carbonyl (C=O) groups is 1. The van der Waals surface area contributed by atoms with E-state index in [4.69, 9.17) is 17.0 Å². The van der Waals surface area contributed by atoms with E-state index >= 15 is 0 Å². The van der Waals surface area contributed by atoms with Crippen LogP contribution in [0.15, 0.2) is 5.11 Å². The van der Waals surface area contributed by atoms with Gasteiger partial charge in [0.2, 0.25) is 5.91 Å². The highest BCUT2D eigenvalue weighted by molar-refractivity contribution is 5.77. The van der Waals surface area contributed by atoms with E-state index in [0.29, 0.717) is 0 Å². The molecule has 0 aromatic carbocycles. The first-order chi connectivity index (χ1) is 11.6. The highest BCUT2D eigenvalue weighted by Crippen LogP contribution is 2.38. The lowest BCUT2D eigenvalue weighted by Gasteiger charge is -2.38. The van der Waals surface area contributed by atoms with Crippen LogP contribution in [-0.4, -0.2) is 42.4 Å². The predicted molar refractivity (Wildman–Crippen MR) is 81.6 cm³/mol. The molecule has 0 fully saturated rings. The molecule has 0 radical (unpaired) electrons. The van der Waals surface area contributed by atoms with Gasteiger partial charge >= 0.3 is 12.4 Å². The van der Waals surface area contributed by atoms with E-state index in [1.165, 1.54) is 6.92 Å². The van der Waals surface area contributed by atoms with Crippen molar-refractivity contribution < 1.29 is 31.1 Å². The fourth-order valence-corrected chi connectivity index (χ4v) is 2.60. The largest absolute Gasteiger partial charge is 0.405 e. The predicted octanol–water partition coefficient (Wildman–Crippen LogP) is 2.76. The van der Waals surface area contributed by atoms with E-state index in [1.807, 2.05) is 0 Å². The average molecular weight is 392 g/mol. The molecule has 0 aliphatic heterocycles. The van der Waals surface area contributed by atoms with Crippen molar-refractivity contribution in [1.29, 1.82) is 0 Å². The van der Waals surface area contributed by atoms with Crippen molar-refractivity contribution in [3.63, 3.8) is 0 Å². The molecular formula is C13H22F6N6O. The first-order valence-electron chi connectivity index (χ1n) is 7.57. The Morgan fingerprint density at radius 2 is 1.73 bits per heavy atom. The van der Waals surface area contributed by atoms with Gasteiger partial charge in [0.15, 0.2) is 0 Å². The zero-order valence-electron chi connectivity index (χ0n) is 14.2. The summed E-state index contributed by atoms with van der Waals surface area (Å²) in [5.41, 5.74) is 18.0. The zero-order valence-corrected chi connectivity index (χ0v) is 14.2. The summed E-state index contributed by atoms with van der Waals surface area (Å²) in [5.74, 6) is -2.77. The number of amides is 1. The summed E-state index contributed by atoms with van der Waals surface area (Å²) in [6, 6.07) is -1.77. The maximum atomic E-state index is 12.9. The third-order valence-corrected chi connectivity index (χ3v) is 3.69. The van der Waals surface area contributed by atoms with Crippen LogP contribution >= 0.6 is 0 Å². The van der Waals surface area contributed by atoms with Gasteiger partial charge in [0.05, 0.1) is 5.54 Å². The standard InChI is InChI=1S/C13H22F6N6O/c1-7(20)3-9(21)8(4-12(14,15)16)11(2,24-25-22)5-10(26)23-6-13(17,18)19/h7-9H,3-6,20-21H2,1-2H3,(H,23,26). The Balaban J connectivity index is 5.58. The Labute approximate surface area is 146 Å². The quantitative estimate of drug-likeness (QED) is 0.241. The minimum Gasteiger partial charge on any atom is -0.347 e. The first kappa shape index (κ1) is 24.3. The van der Waals surface area contributed by atoms with Crippen LogP contribution < -0.4 is 16.8 Å². The number of halogens is 6. The van der Waals surface area contributed by atoms with Gasteiger partial charge in [-0.05, 0) is 24.8 Å². The van der Waals surface area contributed by atoms with E-state index < -0.39 is 61.2 Å². The lowest BCUT2D eigenvalue weighted by molar-refractivity contribution is -0.153. The number of carbonyl (C=O) groups excluding carboxylic acids is 1. The van der Waals surface area contributed by atoms with Gasteiger partial charge in [-0.3, -0.25) is 4.79 Å². The Morgan fingerprint density at radius 1 is 1.19 bits per heavy atom. The molecule has 13 heteroatoms. The summed E-state index contributed by atoms with van der Waals surface area (Å²) >= 11 is 0. The number of rotatable bonds is 9. The van der Waals surface area contributed by atoms with Crippen molar-refractivity contribution in [2.24, 2.45) is 22.5 Å². The molecule has 152 valence electrons. The summed E-state index contributed by atoms with van der Waals surface area (Å²) in [4.78, 5) is 14.2. The molecule has 4 atom stereocenters. The van der Waals surface area contributed by atoms with E-state index in [1.54, 1.807) is 5.32 Å². The van der Waals surface area contributed by atoms with Crippen LogP contribution in [0.5, 0.6) is 0 Å². The molecule has 0 saturated carbocycles. The maximum absolute atomic E-state index is 12.9. The molecule has 0 aliphatic carbocycles. The van der Waals surface area contributed by atoms with Crippen molar-refractivity contribution in [2.75, 3.05) is 6.54 Å². The molecule has 0 spiro atoms. The van der Waals surface area contributed by atoms with E-state index in [9.17, 15) is 31.1 Å². The SMILES string of the molecule is CC(N)CC(N)C(CC(F)(F)F)C(C)(CC(=O)NCC(F)(F)F)N=[N+]=[N-]. The molecule has 4 unspecified atom stereocenters. The smallest absolute Gasteiger partial charge is 0.347 e. The summed E-state index contributed by atoms with van der Waals surface area (Å²) in [5, 5.41) is 4.81. The van der Waals surface area contributed by atoms with Gasteiger partial charge in [-0.2, -0.15) is 26.3 Å². The number of nitrogens with two attached hydrogens (primary N) is 2. The highest BCUT2D eigenvalue weighted by atomic mass is 19.4.